The summed E-state index contributed by atoms with van der Waals surface area (Å²) in [5, 5.41) is 12.3. The van der Waals surface area contributed by atoms with Crippen LogP contribution in [0.25, 0.3) is 0 Å². The van der Waals surface area contributed by atoms with E-state index in [0.717, 1.165) is 29.8 Å². The maximum absolute atomic E-state index is 11.7. The molecule has 2 aromatic carbocycles. The molecule has 122 valence electrons. The molecule has 4 nitrogen and oxygen atoms in total. The summed E-state index contributed by atoms with van der Waals surface area (Å²) in [6, 6.07) is 18.2. The van der Waals surface area contributed by atoms with Gasteiger partial charge in [-0.25, -0.2) is 0 Å². The summed E-state index contributed by atoms with van der Waals surface area (Å²) in [5.41, 5.74) is 4.01. The smallest absolute Gasteiger partial charge is 0.222 e. The molecule has 2 aromatic rings. The van der Waals surface area contributed by atoms with Crippen molar-refractivity contribution >= 4 is 11.6 Å². The van der Waals surface area contributed by atoms with E-state index in [9.17, 15) is 4.79 Å². The molecule has 1 heterocycles. The number of rotatable bonds is 5. The molecule has 1 aliphatic rings. The standard InChI is InChI=1S/C20H21N3O/c1-15(18-8-4-16(13-21)5-9-18)22-19-10-6-17(7-11-19)14-23-12-2-3-20(23)24/h4-11,15,22H,2-3,12,14H2,1H3/t15-/m0/s1. The number of nitrogens with zero attached hydrogens (tertiary/aromatic N) is 2. The molecule has 0 saturated carbocycles. The summed E-state index contributed by atoms with van der Waals surface area (Å²) in [7, 11) is 0. The zero-order valence-electron chi connectivity index (χ0n) is 13.8. The molecule has 0 aliphatic carbocycles. The van der Waals surface area contributed by atoms with Gasteiger partial charge in [0.1, 0.15) is 0 Å². The second-order valence-corrected chi connectivity index (χ2v) is 6.22. The molecule has 1 saturated heterocycles. The van der Waals surface area contributed by atoms with Crippen LogP contribution in [-0.2, 0) is 11.3 Å². The number of carbonyl (C=O) groups excluding carboxylic acids is 1. The Hall–Kier alpha value is -2.80. The van der Waals surface area contributed by atoms with Crippen molar-refractivity contribution in [3.63, 3.8) is 0 Å². The summed E-state index contributed by atoms with van der Waals surface area (Å²) >= 11 is 0. The van der Waals surface area contributed by atoms with Crippen molar-refractivity contribution in [2.24, 2.45) is 0 Å². The Bertz CT molecular complexity index is 744. The van der Waals surface area contributed by atoms with Crippen LogP contribution in [0.2, 0.25) is 0 Å². The number of carbonyl (C=O) groups is 1. The number of hydrogen-bond acceptors (Lipinski definition) is 3. The van der Waals surface area contributed by atoms with Gasteiger partial charge in [-0.1, -0.05) is 24.3 Å². The van der Waals surface area contributed by atoms with Gasteiger partial charge >= 0.3 is 0 Å². The topological polar surface area (TPSA) is 56.1 Å². The van der Waals surface area contributed by atoms with Crippen molar-refractivity contribution in [3.05, 3.63) is 65.2 Å². The van der Waals surface area contributed by atoms with Gasteiger partial charge < -0.3 is 10.2 Å². The Morgan fingerprint density at radius 2 is 1.88 bits per heavy atom. The monoisotopic (exact) mass is 319 g/mol. The summed E-state index contributed by atoms with van der Waals surface area (Å²) in [6.07, 6.45) is 1.66. The van der Waals surface area contributed by atoms with E-state index >= 15 is 0 Å². The lowest BCUT2D eigenvalue weighted by Gasteiger charge is -2.18. The lowest BCUT2D eigenvalue weighted by Crippen LogP contribution is -2.23. The van der Waals surface area contributed by atoms with Crippen LogP contribution < -0.4 is 5.32 Å². The number of nitrogens with one attached hydrogen (secondary N) is 1. The predicted octanol–water partition coefficient (Wildman–Crippen LogP) is 3.85. The Morgan fingerprint density at radius 1 is 1.17 bits per heavy atom. The van der Waals surface area contributed by atoms with Gasteiger partial charge in [-0.15, -0.1) is 0 Å². The number of amides is 1. The quantitative estimate of drug-likeness (QED) is 0.910. The van der Waals surface area contributed by atoms with Crippen molar-refractivity contribution in [2.45, 2.75) is 32.4 Å². The second kappa shape index (κ2) is 7.18. The predicted molar refractivity (Wildman–Crippen MR) is 94.3 cm³/mol. The van der Waals surface area contributed by atoms with Crippen LogP contribution in [0.4, 0.5) is 5.69 Å². The van der Waals surface area contributed by atoms with Crippen LogP contribution >= 0.6 is 0 Å². The normalized spacial score (nSPS) is 15.2. The first-order chi connectivity index (χ1) is 11.7. The van der Waals surface area contributed by atoms with Crippen LogP contribution in [0.3, 0.4) is 0 Å². The molecule has 24 heavy (non-hydrogen) atoms. The van der Waals surface area contributed by atoms with E-state index in [0.29, 0.717) is 18.5 Å². The molecule has 0 bridgehead atoms. The molecule has 4 heteroatoms. The Morgan fingerprint density at radius 3 is 2.46 bits per heavy atom. The minimum atomic E-state index is 0.156. The van der Waals surface area contributed by atoms with E-state index in [2.05, 4.69) is 42.6 Å². The largest absolute Gasteiger partial charge is 0.379 e. The molecule has 0 aromatic heterocycles. The van der Waals surface area contributed by atoms with Crippen LogP contribution in [-0.4, -0.2) is 17.4 Å². The molecule has 0 unspecified atom stereocenters. The molecule has 0 spiro atoms. The summed E-state index contributed by atoms with van der Waals surface area (Å²) in [6.45, 7) is 3.66. The van der Waals surface area contributed by atoms with Crippen molar-refractivity contribution in [2.75, 3.05) is 11.9 Å². The summed E-state index contributed by atoms with van der Waals surface area (Å²) < 4.78 is 0. The van der Waals surface area contributed by atoms with Crippen LogP contribution in [0.15, 0.2) is 48.5 Å². The van der Waals surface area contributed by atoms with E-state index in [4.69, 9.17) is 5.26 Å². The van der Waals surface area contributed by atoms with Gasteiger partial charge in [0.05, 0.1) is 11.6 Å². The highest BCUT2D eigenvalue weighted by atomic mass is 16.2. The molecular weight excluding hydrogens is 298 g/mol. The van der Waals surface area contributed by atoms with E-state index in [1.807, 2.05) is 29.2 Å². The minimum Gasteiger partial charge on any atom is -0.379 e. The average Bonchev–Trinajstić information content (AvgIpc) is 3.01. The van der Waals surface area contributed by atoms with Crippen molar-refractivity contribution in [3.8, 4) is 6.07 Å². The molecule has 1 N–H and O–H groups in total. The van der Waals surface area contributed by atoms with Crippen molar-refractivity contribution in [1.82, 2.24) is 4.90 Å². The fourth-order valence-electron chi connectivity index (χ4n) is 2.98. The van der Waals surface area contributed by atoms with Gasteiger partial charge in [-0.3, -0.25) is 4.79 Å². The molecule has 1 aliphatic heterocycles. The molecule has 0 radical (unpaired) electrons. The van der Waals surface area contributed by atoms with E-state index in [1.165, 1.54) is 0 Å². The highest BCUT2D eigenvalue weighted by molar-refractivity contribution is 5.78. The molecule has 1 atom stereocenters. The average molecular weight is 319 g/mol. The summed E-state index contributed by atoms with van der Waals surface area (Å²) in [5.74, 6) is 0.256. The second-order valence-electron chi connectivity index (χ2n) is 6.22. The first kappa shape index (κ1) is 16.1. The van der Waals surface area contributed by atoms with E-state index in [1.54, 1.807) is 0 Å². The SMILES string of the molecule is C[C@H](Nc1ccc(CN2CCCC2=O)cc1)c1ccc(C#N)cc1. The molecular formula is C20H21N3O. The number of likely N-dealkylation sites (tertiary alicyclic amines) is 1. The molecule has 1 fully saturated rings. The number of hydrogen-bond donors (Lipinski definition) is 1. The summed E-state index contributed by atoms with van der Waals surface area (Å²) in [4.78, 5) is 13.6. The third kappa shape index (κ3) is 3.75. The first-order valence-corrected chi connectivity index (χ1v) is 8.29. The molecule has 1 amide bonds. The van der Waals surface area contributed by atoms with Crippen molar-refractivity contribution in [1.29, 1.82) is 5.26 Å². The number of benzene rings is 2. The lowest BCUT2D eigenvalue weighted by atomic mass is 10.1. The lowest BCUT2D eigenvalue weighted by molar-refractivity contribution is -0.128. The Kier molecular flexibility index (Phi) is 4.81. The third-order valence-electron chi connectivity index (χ3n) is 4.42. The maximum Gasteiger partial charge on any atom is 0.222 e. The Balaban J connectivity index is 1.60. The van der Waals surface area contributed by atoms with E-state index in [-0.39, 0.29) is 11.9 Å². The van der Waals surface area contributed by atoms with Crippen LogP contribution in [0.1, 0.15) is 42.5 Å². The number of nitriles is 1. The Labute approximate surface area is 142 Å². The van der Waals surface area contributed by atoms with Gasteiger partial charge in [0.2, 0.25) is 5.91 Å². The fraction of sp³-hybridized carbons (Fsp3) is 0.300. The van der Waals surface area contributed by atoms with Gasteiger partial charge in [-0.2, -0.15) is 5.26 Å². The van der Waals surface area contributed by atoms with Crippen LogP contribution in [0, 0.1) is 11.3 Å². The maximum atomic E-state index is 11.7. The third-order valence-corrected chi connectivity index (χ3v) is 4.42. The number of anilines is 1. The van der Waals surface area contributed by atoms with Gasteiger partial charge in [-0.05, 0) is 48.7 Å². The zero-order valence-corrected chi connectivity index (χ0v) is 13.8. The highest BCUT2D eigenvalue weighted by Gasteiger charge is 2.19. The van der Waals surface area contributed by atoms with E-state index < -0.39 is 0 Å². The van der Waals surface area contributed by atoms with Gasteiger partial charge in [0.15, 0.2) is 0 Å². The van der Waals surface area contributed by atoms with Crippen LogP contribution in [0.5, 0.6) is 0 Å². The fourth-order valence-corrected chi connectivity index (χ4v) is 2.98. The molecule has 3 rings (SSSR count). The van der Waals surface area contributed by atoms with Gasteiger partial charge in [0, 0.05) is 31.2 Å². The van der Waals surface area contributed by atoms with Crippen molar-refractivity contribution < 1.29 is 4.79 Å². The minimum absolute atomic E-state index is 0.156. The zero-order chi connectivity index (χ0) is 16.9. The first-order valence-electron chi connectivity index (χ1n) is 8.29. The van der Waals surface area contributed by atoms with Gasteiger partial charge in [0.25, 0.3) is 0 Å². The highest BCUT2D eigenvalue weighted by Crippen LogP contribution is 2.21.